The van der Waals surface area contributed by atoms with Gasteiger partial charge in [-0.05, 0) is 17.7 Å². The Morgan fingerprint density at radius 1 is 0.941 bits per heavy atom. The van der Waals surface area contributed by atoms with E-state index in [1.54, 1.807) is 0 Å². The Labute approximate surface area is 100 Å². The first-order valence-electron chi connectivity index (χ1n) is 4.48. The second kappa shape index (κ2) is 5.03. The van der Waals surface area contributed by atoms with Gasteiger partial charge >= 0.3 is 10.1 Å². The van der Waals surface area contributed by atoms with E-state index in [-0.39, 0.29) is 12.4 Å². The lowest BCUT2D eigenvalue weighted by atomic mass is 10.2. The van der Waals surface area contributed by atoms with Crippen molar-refractivity contribution in [1.82, 2.24) is 0 Å². The zero-order chi connectivity index (χ0) is 13.1. The van der Waals surface area contributed by atoms with Gasteiger partial charge in [-0.15, -0.1) is 0 Å². The van der Waals surface area contributed by atoms with E-state index in [0.29, 0.717) is 5.56 Å². The fourth-order valence-electron chi connectivity index (χ4n) is 0.991. The Kier molecular flexibility index (Phi) is 4.12. The Morgan fingerprint density at radius 3 is 1.88 bits per heavy atom. The molecular weight excluding hydrogens is 268 g/mol. The standard InChI is InChI=1S/C9H12O6S2/c1-16(10,11)14-7-8-3-5-9(6-4-8)15-17(2,12)13/h3-6H,7H2,1-2H3. The minimum Gasteiger partial charge on any atom is -0.383 e. The van der Waals surface area contributed by atoms with Crippen LogP contribution >= 0.6 is 0 Å². The molecule has 0 atom stereocenters. The summed E-state index contributed by atoms with van der Waals surface area (Å²) in [6.07, 6.45) is 1.89. The molecule has 0 amide bonds. The highest BCUT2D eigenvalue weighted by molar-refractivity contribution is 7.86. The van der Waals surface area contributed by atoms with Crippen molar-refractivity contribution in [2.75, 3.05) is 12.5 Å². The summed E-state index contributed by atoms with van der Waals surface area (Å²) in [5.74, 6) is 0.163. The van der Waals surface area contributed by atoms with Crippen molar-refractivity contribution in [3.63, 3.8) is 0 Å². The molecule has 0 N–H and O–H groups in total. The summed E-state index contributed by atoms with van der Waals surface area (Å²) < 4.78 is 52.3. The number of hydrogen-bond acceptors (Lipinski definition) is 6. The third kappa shape index (κ3) is 6.25. The molecule has 6 nitrogen and oxygen atoms in total. The zero-order valence-electron chi connectivity index (χ0n) is 9.28. The van der Waals surface area contributed by atoms with E-state index in [0.717, 1.165) is 12.5 Å². The van der Waals surface area contributed by atoms with E-state index < -0.39 is 20.2 Å². The summed E-state index contributed by atoms with van der Waals surface area (Å²) in [5.41, 5.74) is 0.594. The van der Waals surface area contributed by atoms with E-state index in [1.807, 2.05) is 0 Å². The SMILES string of the molecule is CS(=O)(=O)OCc1ccc(OS(C)(=O)=O)cc1. The molecule has 0 bridgehead atoms. The van der Waals surface area contributed by atoms with Gasteiger partial charge < -0.3 is 4.18 Å². The first-order chi connectivity index (χ1) is 7.66. The van der Waals surface area contributed by atoms with Crippen LogP contribution in [0.15, 0.2) is 24.3 Å². The van der Waals surface area contributed by atoms with Gasteiger partial charge in [0.1, 0.15) is 5.75 Å². The maximum atomic E-state index is 10.8. The molecule has 0 saturated carbocycles. The molecule has 17 heavy (non-hydrogen) atoms. The zero-order valence-corrected chi connectivity index (χ0v) is 10.9. The molecular formula is C9H12O6S2. The Balaban J connectivity index is 2.69. The molecule has 0 saturated heterocycles. The smallest absolute Gasteiger partial charge is 0.306 e. The van der Waals surface area contributed by atoms with Crippen LogP contribution in [-0.4, -0.2) is 29.3 Å². The highest BCUT2D eigenvalue weighted by Crippen LogP contribution is 2.14. The molecule has 0 spiro atoms. The normalized spacial score (nSPS) is 12.4. The molecule has 1 rings (SSSR count). The van der Waals surface area contributed by atoms with E-state index in [1.165, 1.54) is 24.3 Å². The molecule has 0 aliphatic rings. The Hall–Kier alpha value is -1.12. The molecule has 0 unspecified atom stereocenters. The quantitative estimate of drug-likeness (QED) is 0.730. The van der Waals surface area contributed by atoms with Crippen molar-refractivity contribution in [1.29, 1.82) is 0 Å². The van der Waals surface area contributed by atoms with Crippen LogP contribution in [0, 0.1) is 0 Å². The highest BCUT2D eigenvalue weighted by Gasteiger charge is 2.05. The van der Waals surface area contributed by atoms with Crippen molar-refractivity contribution >= 4 is 20.2 Å². The predicted octanol–water partition coefficient (Wildman–Crippen LogP) is 0.501. The highest BCUT2D eigenvalue weighted by atomic mass is 32.2. The first kappa shape index (κ1) is 13.9. The largest absolute Gasteiger partial charge is 0.383 e. The van der Waals surface area contributed by atoms with Gasteiger partial charge in [-0.25, -0.2) is 0 Å². The summed E-state index contributed by atoms with van der Waals surface area (Å²) in [6, 6.07) is 5.88. The van der Waals surface area contributed by atoms with Gasteiger partial charge in [0, 0.05) is 0 Å². The van der Waals surface area contributed by atoms with Crippen LogP contribution in [0.5, 0.6) is 5.75 Å². The topological polar surface area (TPSA) is 86.7 Å². The lowest BCUT2D eigenvalue weighted by Gasteiger charge is -2.04. The number of hydrogen-bond donors (Lipinski definition) is 0. The van der Waals surface area contributed by atoms with Crippen LogP contribution in [0.2, 0.25) is 0 Å². The molecule has 0 aliphatic heterocycles. The van der Waals surface area contributed by atoms with Crippen molar-refractivity contribution in [3.8, 4) is 5.75 Å². The molecule has 96 valence electrons. The van der Waals surface area contributed by atoms with Crippen LogP contribution in [0.3, 0.4) is 0 Å². The molecule has 0 heterocycles. The molecule has 1 aromatic carbocycles. The molecule has 0 aliphatic carbocycles. The van der Waals surface area contributed by atoms with E-state index >= 15 is 0 Å². The lowest BCUT2D eigenvalue weighted by Crippen LogP contribution is -2.06. The number of rotatable bonds is 5. The third-order valence-corrected chi connectivity index (χ3v) is 2.65. The van der Waals surface area contributed by atoms with Crippen molar-refractivity contribution in [2.45, 2.75) is 6.61 Å². The molecule has 8 heteroatoms. The summed E-state index contributed by atoms with van der Waals surface area (Å²) in [7, 11) is -7.04. The average Bonchev–Trinajstić information content (AvgIpc) is 2.13. The van der Waals surface area contributed by atoms with E-state index in [2.05, 4.69) is 8.37 Å². The maximum Gasteiger partial charge on any atom is 0.306 e. The predicted molar refractivity (Wildman–Crippen MR) is 61.5 cm³/mol. The van der Waals surface area contributed by atoms with Gasteiger partial charge in [0.25, 0.3) is 10.1 Å². The summed E-state index contributed by atoms with van der Waals surface area (Å²) in [4.78, 5) is 0. The van der Waals surface area contributed by atoms with Gasteiger partial charge in [-0.1, -0.05) is 12.1 Å². The Bertz CT molecular complexity index is 570. The Morgan fingerprint density at radius 2 is 1.47 bits per heavy atom. The summed E-state index contributed by atoms with van der Waals surface area (Å²) in [5, 5.41) is 0. The summed E-state index contributed by atoms with van der Waals surface area (Å²) in [6.45, 7) is -0.0992. The van der Waals surface area contributed by atoms with Gasteiger partial charge in [-0.2, -0.15) is 16.8 Å². The van der Waals surface area contributed by atoms with E-state index in [4.69, 9.17) is 0 Å². The molecule has 0 aromatic heterocycles. The number of benzene rings is 1. The van der Waals surface area contributed by atoms with Crippen LogP contribution in [-0.2, 0) is 31.0 Å². The third-order valence-electron chi connectivity index (χ3n) is 1.61. The maximum absolute atomic E-state index is 10.8. The fourth-order valence-corrected chi connectivity index (χ4v) is 1.80. The van der Waals surface area contributed by atoms with Crippen molar-refractivity contribution in [3.05, 3.63) is 29.8 Å². The molecule has 1 aromatic rings. The van der Waals surface area contributed by atoms with Gasteiger partial charge in [0.2, 0.25) is 0 Å². The van der Waals surface area contributed by atoms with Crippen molar-refractivity contribution in [2.24, 2.45) is 0 Å². The van der Waals surface area contributed by atoms with Crippen LogP contribution < -0.4 is 4.18 Å². The lowest BCUT2D eigenvalue weighted by molar-refractivity contribution is 0.311. The second-order valence-corrected chi connectivity index (χ2v) is 6.62. The monoisotopic (exact) mass is 280 g/mol. The summed E-state index contributed by atoms with van der Waals surface area (Å²) >= 11 is 0. The van der Waals surface area contributed by atoms with Gasteiger partial charge in [0.05, 0.1) is 19.1 Å². The average molecular weight is 280 g/mol. The van der Waals surface area contributed by atoms with E-state index in [9.17, 15) is 16.8 Å². The minimum atomic E-state index is -3.55. The van der Waals surface area contributed by atoms with Crippen molar-refractivity contribution < 1.29 is 25.2 Å². The van der Waals surface area contributed by atoms with Gasteiger partial charge in [-0.3, -0.25) is 4.18 Å². The first-order valence-corrected chi connectivity index (χ1v) is 8.12. The molecule has 0 fully saturated rings. The fraction of sp³-hybridized carbons (Fsp3) is 0.333. The molecule has 0 radical (unpaired) electrons. The minimum absolute atomic E-state index is 0.0992. The van der Waals surface area contributed by atoms with Crippen LogP contribution in [0.1, 0.15) is 5.56 Å². The second-order valence-electron chi connectivity index (χ2n) is 3.40. The van der Waals surface area contributed by atoms with Crippen LogP contribution in [0.4, 0.5) is 0 Å². The van der Waals surface area contributed by atoms with Crippen LogP contribution in [0.25, 0.3) is 0 Å². The van der Waals surface area contributed by atoms with Gasteiger partial charge in [0.15, 0.2) is 0 Å².